The molecular formula is C56H31B2NO4. The molecule has 5 nitrogen and oxygen atoms in total. The molecule has 0 amide bonds. The fourth-order valence-corrected chi connectivity index (χ4v) is 12.2. The van der Waals surface area contributed by atoms with Crippen molar-refractivity contribution < 1.29 is 18.3 Å². The predicted molar refractivity (Wildman–Crippen MR) is 258 cm³/mol. The van der Waals surface area contributed by atoms with Crippen molar-refractivity contribution >= 4 is 112 Å². The molecule has 0 saturated heterocycles. The van der Waals surface area contributed by atoms with E-state index in [9.17, 15) is 0 Å². The molecule has 9 aromatic carbocycles. The van der Waals surface area contributed by atoms with Crippen LogP contribution in [0.15, 0.2) is 160 Å². The average Bonchev–Trinajstić information content (AvgIpc) is 3.98. The Labute approximate surface area is 360 Å². The first-order chi connectivity index (χ1) is 31.1. The zero-order valence-electron chi connectivity index (χ0n) is 34.2. The minimum atomic E-state index is -0.117. The third-order valence-electron chi connectivity index (χ3n) is 14.5. The third-order valence-corrected chi connectivity index (χ3v) is 14.5. The Morgan fingerprint density at radius 2 is 0.857 bits per heavy atom. The minimum absolute atomic E-state index is 0.117. The van der Waals surface area contributed by atoms with Crippen LogP contribution < -0.4 is 42.3 Å². The molecule has 0 unspecified atom stereocenters. The van der Waals surface area contributed by atoms with E-state index in [1.807, 2.05) is 12.1 Å². The Morgan fingerprint density at radius 1 is 0.413 bits per heavy atom. The maximum atomic E-state index is 7.48. The summed E-state index contributed by atoms with van der Waals surface area (Å²) in [4.78, 5) is 0. The van der Waals surface area contributed by atoms with Crippen molar-refractivity contribution in [3.05, 3.63) is 163 Å². The number of hydrogen-bond donors (Lipinski definition) is 0. The topological polar surface area (TPSA) is 49.7 Å². The summed E-state index contributed by atoms with van der Waals surface area (Å²) in [5.74, 6) is 3.26. The zero-order chi connectivity index (χ0) is 41.0. The van der Waals surface area contributed by atoms with Crippen LogP contribution >= 0.6 is 0 Å². The second-order valence-corrected chi connectivity index (χ2v) is 18.0. The lowest BCUT2D eigenvalue weighted by atomic mass is 9.30. The van der Waals surface area contributed by atoms with Gasteiger partial charge in [0, 0.05) is 55.1 Å². The highest BCUT2D eigenvalue weighted by molar-refractivity contribution is 7.03. The van der Waals surface area contributed by atoms with Gasteiger partial charge in [-0.2, -0.15) is 0 Å². The van der Waals surface area contributed by atoms with Gasteiger partial charge in [0.1, 0.15) is 45.3 Å². The maximum Gasteiger partial charge on any atom is 0.256 e. The molecule has 16 rings (SSSR count). The number of aryl methyl sites for hydroxylation is 2. The van der Waals surface area contributed by atoms with E-state index in [0.717, 1.165) is 100 Å². The average molecular weight is 803 g/mol. The number of furan rings is 2. The highest BCUT2D eigenvalue weighted by atomic mass is 16.5. The van der Waals surface area contributed by atoms with Crippen molar-refractivity contribution in [2.24, 2.45) is 0 Å². The highest BCUT2D eigenvalue weighted by Crippen LogP contribution is 2.50. The molecule has 0 aliphatic carbocycles. The number of ether oxygens (including phenoxy) is 2. The zero-order valence-corrected chi connectivity index (χ0v) is 34.2. The second kappa shape index (κ2) is 11.1. The maximum absolute atomic E-state index is 7.48. The summed E-state index contributed by atoms with van der Waals surface area (Å²) in [6, 6.07) is 54.5. The number of para-hydroxylation sites is 2. The minimum Gasteiger partial charge on any atom is -0.457 e. The lowest BCUT2D eigenvalue weighted by Crippen LogP contribution is -2.65. The van der Waals surface area contributed by atoms with Gasteiger partial charge in [-0.15, -0.1) is 0 Å². The number of benzene rings is 9. The van der Waals surface area contributed by atoms with Gasteiger partial charge < -0.3 is 22.9 Å². The van der Waals surface area contributed by atoms with Crippen LogP contribution in [0.3, 0.4) is 0 Å². The third kappa shape index (κ3) is 3.90. The lowest BCUT2D eigenvalue weighted by Gasteiger charge is -2.41. The molecule has 0 bridgehead atoms. The van der Waals surface area contributed by atoms with Crippen LogP contribution in [0.4, 0.5) is 0 Å². The fraction of sp³-hybridized carbons (Fsp3) is 0.0357. The molecule has 0 radical (unpaired) electrons. The molecule has 0 saturated carbocycles. The normalized spacial score (nSPS) is 13.7. The first kappa shape index (κ1) is 32.8. The Hall–Kier alpha value is -7.89. The van der Waals surface area contributed by atoms with E-state index in [1.165, 1.54) is 60.5 Å². The summed E-state index contributed by atoms with van der Waals surface area (Å²) in [5, 5.41) is 6.94. The molecule has 7 heteroatoms. The quantitative estimate of drug-likeness (QED) is 0.163. The van der Waals surface area contributed by atoms with Crippen LogP contribution in [0.2, 0.25) is 0 Å². The van der Waals surface area contributed by atoms with Gasteiger partial charge in [0.2, 0.25) is 0 Å². The lowest BCUT2D eigenvalue weighted by molar-refractivity contribution is 0.466. The summed E-state index contributed by atoms with van der Waals surface area (Å²) < 4.78 is 31.2. The van der Waals surface area contributed by atoms with Crippen LogP contribution in [0.1, 0.15) is 11.1 Å². The van der Waals surface area contributed by atoms with Crippen molar-refractivity contribution in [1.29, 1.82) is 0 Å². The van der Waals surface area contributed by atoms with Crippen molar-refractivity contribution in [2.45, 2.75) is 13.8 Å². The van der Waals surface area contributed by atoms with Crippen LogP contribution in [-0.4, -0.2) is 18.0 Å². The van der Waals surface area contributed by atoms with Crippen LogP contribution in [-0.2, 0) is 0 Å². The number of nitrogens with zero attached hydrogens (tertiary/aromatic N) is 1. The first-order valence-corrected chi connectivity index (χ1v) is 21.8. The molecule has 3 aromatic heterocycles. The Bertz CT molecular complexity index is 3860. The van der Waals surface area contributed by atoms with Gasteiger partial charge in [0.15, 0.2) is 0 Å². The van der Waals surface area contributed by atoms with Crippen LogP contribution in [0.25, 0.3) is 93.6 Å². The molecule has 0 spiro atoms. The molecule has 0 fully saturated rings. The first-order valence-electron chi connectivity index (χ1n) is 21.8. The standard InChI is InChI=1S/C56H31B2NO4/c1-28-21-34-35-22-29(2)24-39-51(35)59-50(34)38(23-28)57-40-25-36-32-17-9-11-19-42(32)60-53(36)46(30-13-5-3-6-14-30)55(40)62-44-27-45-49(52(59)48(44)57)58(39)41-26-37-33-18-10-12-20-43(33)61-54(37)47(56(41)63-45)31-15-7-4-8-16-31/h3-27H,1-2H3. The van der Waals surface area contributed by atoms with Gasteiger partial charge in [-0.05, 0) is 82.0 Å². The fourth-order valence-electron chi connectivity index (χ4n) is 12.2. The van der Waals surface area contributed by atoms with E-state index in [4.69, 9.17) is 18.3 Å². The summed E-state index contributed by atoms with van der Waals surface area (Å²) in [7, 11) is 0. The Morgan fingerprint density at radius 3 is 1.33 bits per heavy atom. The number of rotatable bonds is 2. The second-order valence-electron chi connectivity index (χ2n) is 18.0. The van der Waals surface area contributed by atoms with Crippen molar-refractivity contribution in [3.63, 3.8) is 0 Å². The van der Waals surface area contributed by atoms with Crippen molar-refractivity contribution in [1.82, 2.24) is 4.57 Å². The monoisotopic (exact) mass is 803 g/mol. The highest BCUT2D eigenvalue weighted by Gasteiger charge is 2.50. The summed E-state index contributed by atoms with van der Waals surface area (Å²) >= 11 is 0. The largest absolute Gasteiger partial charge is 0.457 e. The molecule has 4 aliphatic rings. The molecule has 0 N–H and O–H groups in total. The van der Waals surface area contributed by atoms with Gasteiger partial charge in [-0.25, -0.2) is 0 Å². The number of fused-ring (bicyclic) bond motifs is 13. The number of hydrogen-bond acceptors (Lipinski definition) is 4. The Balaban J connectivity index is 1.10. The Kier molecular flexibility index (Phi) is 5.80. The summed E-state index contributed by atoms with van der Waals surface area (Å²) in [6.07, 6.45) is 0. The summed E-state index contributed by atoms with van der Waals surface area (Å²) in [5.41, 5.74) is 20.8. The van der Waals surface area contributed by atoms with E-state index >= 15 is 0 Å². The van der Waals surface area contributed by atoms with Gasteiger partial charge in [0.25, 0.3) is 13.4 Å². The summed E-state index contributed by atoms with van der Waals surface area (Å²) in [6.45, 7) is 4.26. The van der Waals surface area contributed by atoms with Crippen molar-refractivity contribution in [3.8, 4) is 50.9 Å². The van der Waals surface area contributed by atoms with Crippen molar-refractivity contribution in [2.75, 3.05) is 0 Å². The van der Waals surface area contributed by atoms with E-state index in [2.05, 4.69) is 158 Å². The van der Waals surface area contributed by atoms with Gasteiger partial charge in [-0.3, -0.25) is 0 Å². The SMILES string of the molecule is Cc1cc2c3c(c1)c1cc(C)cc4c1n3-c1c3c(cc5c1B4c1cc4c(oc6ccccc64)c(-c4ccccc4)c1O5)Oc1c(cc4c(oc5ccccc54)c1-c1ccccc1)B32. The molecule has 0 atom stereocenters. The van der Waals surface area contributed by atoms with Crippen LogP contribution in [0, 0.1) is 13.8 Å². The molecule has 290 valence electrons. The van der Waals surface area contributed by atoms with E-state index in [-0.39, 0.29) is 13.4 Å². The molecule has 4 aliphatic heterocycles. The molecular weight excluding hydrogens is 772 g/mol. The van der Waals surface area contributed by atoms with Gasteiger partial charge in [-0.1, -0.05) is 132 Å². The van der Waals surface area contributed by atoms with E-state index < -0.39 is 0 Å². The van der Waals surface area contributed by atoms with E-state index in [0.29, 0.717) is 0 Å². The van der Waals surface area contributed by atoms with Crippen LogP contribution in [0.5, 0.6) is 23.0 Å². The smallest absolute Gasteiger partial charge is 0.256 e. The number of aromatic nitrogens is 1. The van der Waals surface area contributed by atoms with Gasteiger partial charge >= 0.3 is 0 Å². The molecule has 7 heterocycles. The van der Waals surface area contributed by atoms with E-state index in [1.54, 1.807) is 0 Å². The predicted octanol–water partition coefficient (Wildman–Crippen LogP) is 10.4. The molecule has 63 heavy (non-hydrogen) atoms. The van der Waals surface area contributed by atoms with Gasteiger partial charge in [0.05, 0.1) is 11.1 Å². The molecule has 12 aromatic rings.